The molecule has 10 heteroatoms. The molecular formula is C18H16F3N3O4. The monoisotopic (exact) mass is 395 g/mol. The zero-order chi connectivity index (χ0) is 20.5. The average molecular weight is 395 g/mol. The number of rotatable bonds is 3. The number of ether oxygens (including phenoxy) is 1. The van der Waals surface area contributed by atoms with Crippen LogP contribution in [0.4, 0.5) is 18.9 Å². The van der Waals surface area contributed by atoms with Gasteiger partial charge in [-0.25, -0.2) is 0 Å². The molecule has 0 spiro atoms. The molecule has 2 heterocycles. The summed E-state index contributed by atoms with van der Waals surface area (Å²) in [5, 5.41) is 2.43. The lowest BCUT2D eigenvalue weighted by molar-refractivity contribution is -0.138. The molecule has 0 radical (unpaired) electrons. The van der Waals surface area contributed by atoms with Gasteiger partial charge in [0.15, 0.2) is 6.10 Å². The van der Waals surface area contributed by atoms with E-state index in [-0.39, 0.29) is 12.3 Å². The van der Waals surface area contributed by atoms with Gasteiger partial charge in [-0.1, -0.05) is 12.1 Å². The summed E-state index contributed by atoms with van der Waals surface area (Å²) < 4.78 is 45.0. The number of likely N-dealkylation sites (N-methyl/N-ethyl adjacent to an activating group) is 1. The predicted octanol–water partition coefficient (Wildman–Crippen LogP) is 1.41. The van der Waals surface area contributed by atoms with Gasteiger partial charge in [0, 0.05) is 19.3 Å². The molecule has 0 saturated carbocycles. The highest BCUT2D eigenvalue weighted by Crippen LogP contribution is 2.33. The number of aromatic nitrogens is 1. The van der Waals surface area contributed by atoms with Gasteiger partial charge < -0.3 is 19.5 Å². The molecule has 2 amide bonds. The number of para-hydroxylation sites is 2. The number of pyridine rings is 1. The maximum atomic E-state index is 12.9. The molecule has 1 N–H and O–H groups in total. The fourth-order valence-corrected chi connectivity index (χ4v) is 2.82. The Balaban J connectivity index is 1.92. The highest BCUT2D eigenvalue weighted by Gasteiger charge is 2.34. The molecule has 0 bridgehead atoms. The summed E-state index contributed by atoms with van der Waals surface area (Å²) in [5.41, 5.74) is -1.41. The second-order valence-electron chi connectivity index (χ2n) is 6.07. The lowest BCUT2D eigenvalue weighted by atomic mass is 10.1. The summed E-state index contributed by atoms with van der Waals surface area (Å²) in [6, 6.07) is 7.89. The van der Waals surface area contributed by atoms with E-state index in [9.17, 15) is 27.6 Å². The Labute approximate surface area is 157 Å². The molecule has 0 aliphatic carbocycles. The molecule has 0 saturated heterocycles. The van der Waals surface area contributed by atoms with Crippen LogP contribution < -0.4 is 20.5 Å². The predicted molar refractivity (Wildman–Crippen MR) is 93.0 cm³/mol. The van der Waals surface area contributed by atoms with Gasteiger partial charge in [0.1, 0.15) is 12.3 Å². The Morgan fingerprint density at radius 2 is 1.93 bits per heavy atom. The highest BCUT2D eigenvalue weighted by molar-refractivity contribution is 5.97. The molecule has 0 unspecified atom stereocenters. The minimum atomic E-state index is -4.64. The molecule has 148 valence electrons. The molecule has 2 aromatic rings. The van der Waals surface area contributed by atoms with Crippen LogP contribution in [0.2, 0.25) is 0 Å². The molecule has 1 aliphatic rings. The van der Waals surface area contributed by atoms with Crippen molar-refractivity contribution in [2.45, 2.75) is 18.8 Å². The van der Waals surface area contributed by atoms with Crippen LogP contribution in [0, 0.1) is 0 Å². The maximum Gasteiger partial charge on any atom is 0.417 e. The van der Waals surface area contributed by atoms with E-state index in [1.165, 1.54) is 11.9 Å². The highest BCUT2D eigenvalue weighted by atomic mass is 19.4. The average Bonchev–Trinajstić information content (AvgIpc) is 2.67. The van der Waals surface area contributed by atoms with Gasteiger partial charge in [-0.2, -0.15) is 13.2 Å². The lowest BCUT2D eigenvalue weighted by Crippen LogP contribution is -2.51. The summed E-state index contributed by atoms with van der Waals surface area (Å²) in [6.07, 6.45) is -5.03. The first kappa shape index (κ1) is 19.5. The second kappa shape index (κ2) is 7.37. The van der Waals surface area contributed by atoms with Crippen LogP contribution in [0.3, 0.4) is 0 Å². The molecule has 1 aliphatic heterocycles. The van der Waals surface area contributed by atoms with Gasteiger partial charge in [-0.15, -0.1) is 0 Å². The minimum Gasteiger partial charge on any atom is -0.477 e. The van der Waals surface area contributed by atoms with E-state index in [1.807, 2.05) is 0 Å². The first-order valence-corrected chi connectivity index (χ1v) is 8.26. The summed E-state index contributed by atoms with van der Waals surface area (Å²) >= 11 is 0. The van der Waals surface area contributed by atoms with Gasteiger partial charge >= 0.3 is 6.18 Å². The number of amides is 2. The van der Waals surface area contributed by atoms with Crippen molar-refractivity contribution in [3.8, 4) is 5.75 Å². The van der Waals surface area contributed by atoms with Gasteiger partial charge in [0.05, 0.1) is 17.8 Å². The van der Waals surface area contributed by atoms with Gasteiger partial charge in [-0.05, 0) is 18.2 Å². The number of hydrogen-bond acceptors (Lipinski definition) is 4. The number of halogens is 3. The zero-order valence-corrected chi connectivity index (χ0v) is 14.7. The van der Waals surface area contributed by atoms with Crippen LogP contribution in [0.1, 0.15) is 5.56 Å². The van der Waals surface area contributed by atoms with Crippen molar-refractivity contribution in [1.82, 2.24) is 9.88 Å². The van der Waals surface area contributed by atoms with Crippen LogP contribution in [-0.4, -0.2) is 36.1 Å². The summed E-state index contributed by atoms with van der Waals surface area (Å²) in [4.78, 5) is 37.9. The topological polar surface area (TPSA) is 80.6 Å². The fraction of sp³-hybridized carbons (Fsp3) is 0.278. The van der Waals surface area contributed by atoms with Crippen LogP contribution >= 0.6 is 0 Å². The van der Waals surface area contributed by atoms with Gasteiger partial charge in [0.2, 0.25) is 5.91 Å². The first-order chi connectivity index (χ1) is 13.2. The van der Waals surface area contributed by atoms with E-state index in [2.05, 4.69) is 5.32 Å². The molecule has 3 rings (SSSR count). The summed E-state index contributed by atoms with van der Waals surface area (Å²) in [7, 11) is 1.42. The summed E-state index contributed by atoms with van der Waals surface area (Å²) in [5.74, 6) is -0.818. The standard InChI is InChI=1S/C18H16F3N3O4/c1-22-17(27)14-9-24(12-4-2-3-5-13(12)28-14)16(26)10-23-8-11(18(19,20)21)6-7-15(23)25/h2-8,14H,9-10H2,1H3,(H,22,27)/t14-/m1/s1. The third-order valence-electron chi connectivity index (χ3n) is 4.23. The number of fused-ring (bicyclic) bond motifs is 1. The van der Waals surface area contributed by atoms with Gasteiger partial charge in [-0.3, -0.25) is 14.4 Å². The van der Waals surface area contributed by atoms with Crippen LogP contribution in [0.15, 0.2) is 47.4 Å². The third-order valence-corrected chi connectivity index (χ3v) is 4.23. The molecule has 28 heavy (non-hydrogen) atoms. The van der Waals surface area contributed by atoms with Crippen molar-refractivity contribution < 1.29 is 27.5 Å². The normalized spacial score (nSPS) is 16.1. The van der Waals surface area contributed by atoms with E-state index in [0.717, 1.165) is 6.07 Å². The number of nitrogens with zero attached hydrogens (tertiary/aromatic N) is 2. The Morgan fingerprint density at radius 3 is 2.61 bits per heavy atom. The smallest absolute Gasteiger partial charge is 0.417 e. The van der Waals surface area contributed by atoms with E-state index in [1.54, 1.807) is 24.3 Å². The van der Waals surface area contributed by atoms with E-state index in [0.29, 0.717) is 22.5 Å². The van der Waals surface area contributed by atoms with Crippen LogP contribution in [0.25, 0.3) is 0 Å². The number of benzene rings is 1. The van der Waals surface area contributed by atoms with Crippen LogP contribution in [-0.2, 0) is 22.3 Å². The molecule has 1 aromatic heterocycles. The number of alkyl halides is 3. The Bertz CT molecular complexity index is 971. The molecular weight excluding hydrogens is 379 g/mol. The zero-order valence-electron chi connectivity index (χ0n) is 14.7. The number of hydrogen-bond donors (Lipinski definition) is 1. The Kier molecular flexibility index (Phi) is 5.12. The number of anilines is 1. The van der Waals surface area contributed by atoms with E-state index < -0.39 is 41.8 Å². The molecule has 1 aromatic carbocycles. The maximum absolute atomic E-state index is 12.9. The van der Waals surface area contributed by atoms with Crippen molar-refractivity contribution in [1.29, 1.82) is 0 Å². The quantitative estimate of drug-likeness (QED) is 0.852. The van der Waals surface area contributed by atoms with Crippen molar-refractivity contribution in [2.24, 2.45) is 0 Å². The molecule has 0 fully saturated rings. The van der Waals surface area contributed by atoms with Crippen molar-refractivity contribution >= 4 is 17.5 Å². The Hall–Kier alpha value is -3.30. The Morgan fingerprint density at radius 1 is 1.21 bits per heavy atom. The number of carbonyl (C=O) groups excluding carboxylic acids is 2. The molecule has 7 nitrogen and oxygen atoms in total. The van der Waals surface area contributed by atoms with Crippen molar-refractivity contribution in [3.63, 3.8) is 0 Å². The second-order valence-corrected chi connectivity index (χ2v) is 6.07. The summed E-state index contributed by atoms with van der Waals surface area (Å²) in [6.45, 7) is -0.749. The third kappa shape index (κ3) is 3.85. The first-order valence-electron chi connectivity index (χ1n) is 8.26. The van der Waals surface area contributed by atoms with Gasteiger partial charge in [0.25, 0.3) is 11.5 Å². The minimum absolute atomic E-state index is 0.136. The van der Waals surface area contributed by atoms with Crippen molar-refractivity contribution in [2.75, 3.05) is 18.5 Å². The number of carbonyl (C=O) groups is 2. The molecule has 1 atom stereocenters. The van der Waals surface area contributed by atoms with E-state index in [4.69, 9.17) is 4.74 Å². The lowest BCUT2D eigenvalue weighted by Gasteiger charge is -2.34. The SMILES string of the molecule is CNC(=O)[C@H]1CN(C(=O)Cn2cc(C(F)(F)F)ccc2=O)c2ccccc2O1. The number of nitrogens with one attached hydrogen (secondary N) is 1. The van der Waals surface area contributed by atoms with Crippen molar-refractivity contribution in [3.05, 3.63) is 58.5 Å². The largest absolute Gasteiger partial charge is 0.477 e. The van der Waals surface area contributed by atoms with E-state index >= 15 is 0 Å². The van der Waals surface area contributed by atoms with Crippen LogP contribution in [0.5, 0.6) is 5.75 Å². The fourth-order valence-electron chi connectivity index (χ4n) is 2.82.